The summed E-state index contributed by atoms with van der Waals surface area (Å²) in [5, 5.41) is 0. The van der Waals surface area contributed by atoms with Crippen molar-refractivity contribution in [1.82, 2.24) is 24.5 Å². The highest BCUT2D eigenvalue weighted by Gasteiger charge is 2.09. The van der Waals surface area contributed by atoms with Gasteiger partial charge >= 0.3 is 6.01 Å². The zero-order valence-corrected chi connectivity index (χ0v) is 11.3. The third-order valence-electron chi connectivity index (χ3n) is 2.67. The maximum absolute atomic E-state index is 5.65. The number of nitrogens with two attached hydrogens (primary N) is 1. The van der Waals surface area contributed by atoms with Crippen LogP contribution < -0.4 is 16.0 Å². The first-order valence-corrected chi connectivity index (χ1v) is 6.20. The lowest BCUT2D eigenvalue weighted by Gasteiger charge is -2.08. The minimum absolute atomic E-state index is 0.146. The molecule has 0 atom stereocenters. The smallest absolute Gasteiger partial charge is 0.328 e. The lowest BCUT2D eigenvalue weighted by molar-refractivity contribution is 0.438. The molecule has 3 aromatic rings. The van der Waals surface area contributed by atoms with Crippen molar-refractivity contribution in [1.29, 1.82) is 0 Å². The quantitative estimate of drug-likeness (QED) is 0.551. The highest BCUT2D eigenvalue weighted by atomic mass is 16.5. The average Bonchev–Trinajstić information content (AvgIpc) is 3.01. The number of aryl methyl sites for hydroxylation is 1. The molecular formula is C13H13N7O. The number of hydrazine groups is 1. The monoisotopic (exact) mass is 283 g/mol. The molecule has 3 N–H and O–H groups in total. The molecule has 2 aromatic heterocycles. The highest BCUT2D eigenvalue weighted by molar-refractivity contribution is 5.33. The van der Waals surface area contributed by atoms with Gasteiger partial charge in [-0.1, -0.05) is 12.1 Å². The van der Waals surface area contributed by atoms with Gasteiger partial charge in [0.2, 0.25) is 11.9 Å². The fraction of sp³-hybridized carbons (Fsp3) is 0.0769. The molecule has 3 rings (SSSR count). The number of aromatic nitrogens is 5. The third-order valence-corrected chi connectivity index (χ3v) is 2.67. The zero-order valence-electron chi connectivity index (χ0n) is 11.3. The summed E-state index contributed by atoms with van der Waals surface area (Å²) < 4.78 is 7.28. The summed E-state index contributed by atoms with van der Waals surface area (Å²) in [6, 6.07) is 7.72. The Hall–Kier alpha value is -3.00. The van der Waals surface area contributed by atoms with Crippen molar-refractivity contribution in [3.63, 3.8) is 0 Å². The van der Waals surface area contributed by atoms with Crippen molar-refractivity contribution < 1.29 is 4.74 Å². The first-order chi connectivity index (χ1) is 10.2. The third kappa shape index (κ3) is 2.95. The molecule has 0 bridgehead atoms. The van der Waals surface area contributed by atoms with E-state index in [0.717, 1.165) is 5.56 Å². The van der Waals surface area contributed by atoms with E-state index in [-0.39, 0.29) is 12.0 Å². The minimum atomic E-state index is 0.146. The Bertz CT molecular complexity index is 742. The van der Waals surface area contributed by atoms with Crippen LogP contribution in [0.5, 0.6) is 11.8 Å². The Kier molecular flexibility index (Phi) is 3.44. The number of nitrogens with zero attached hydrogens (tertiary/aromatic N) is 5. The molecule has 0 saturated heterocycles. The SMILES string of the molecule is Cc1cccc(Oc2nc(NN)nc(-n3ccnc3)n2)c1. The maximum Gasteiger partial charge on any atom is 0.328 e. The molecule has 0 amide bonds. The Morgan fingerprint density at radius 1 is 1.24 bits per heavy atom. The summed E-state index contributed by atoms with van der Waals surface area (Å²) in [7, 11) is 0. The summed E-state index contributed by atoms with van der Waals surface area (Å²) in [4.78, 5) is 16.4. The second kappa shape index (κ2) is 5.55. The molecule has 8 heteroatoms. The average molecular weight is 283 g/mol. The standard InChI is InChI=1S/C13H13N7O/c1-9-3-2-4-10(7-9)21-13-17-11(19-14)16-12(18-13)20-6-5-15-8-20/h2-8H,14H2,1H3,(H,16,17,18,19). The molecule has 1 aromatic carbocycles. The van der Waals surface area contributed by atoms with Gasteiger partial charge in [-0.2, -0.15) is 15.0 Å². The van der Waals surface area contributed by atoms with E-state index in [4.69, 9.17) is 10.6 Å². The van der Waals surface area contributed by atoms with Gasteiger partial charge in [-0.3, -0.25) is 9.99 Å². The molecule has 21 heavy (non-hydrogen) atoms. The molecule has 0 saturated carbocycles. The van der Waals surface area contributed by atoms with Crippen LogP contribution in [0.2, 0.25) is 0 Å². The van der Waals surface area contributed by atoms with Crippen molar-refractivity contribution in [3.8, 4) is 17.7 Å². The predicted molar refractivity (Wildman–Crippen MR) is 76.0 cm³/mol. The first-order valence-electron chi connectivity index (χ1n) is 6.20. The molecular weight excluding hydrogens is 270 g/mol. The van der Waals surface area contributed by atoms with Gasteiger partial charge in [0, 0.05) is 12.4 Å². The zero-order chi connectivity index (χ0) is 14.7. The van der Waals surface area contributed by atoms with Gasteiger partial charge < -0.3 is 4.74 Å². The van der Waals surface area contributed by atoms with Crippen LogP contribution in [0.3, 0.4) is 0 Å². The molecule has 0 unspecified atom stereocenters. The Morgan fingerprint density at radius 2 is 2.14 bits per heavy atom. The number of nitrogen functional groups attached to an aromatic ring is 1. The summed E-state index contributed by atoms with van der Waals surface area (Å²) in [5.74, 6) is 6.58. The molecule has 0 aliphatic heterocycles. The first kappa shape index (κ1) is 13.0. The normalized spacial score (nSPS) is 10.4. The van der Waals surface area contributed by atoms with E-state index in [1.54, 1.807) is 23.3 Å². The largest absolute Gasteiger partial charge is 0.424 e. The van der Waals surface area contributed by atoms with Gasteiger partial charge in [0.15, 0.2) is 0 Å². The molecule has 8 nitrogen and oxygen atoms in total. The molecule has 0 fully saturated rings. The van der Waals surface area contributed by atoms with E-state index < -0.39 is 0 Å². The number of hydrogen-bond donors (Lipinski definition) is 2. The molecule has 0 radical (unpaired) electrons. The Labute approximate surface area is 120 Å². The van der Waals surface area contributed by atoms with Crippen LogP contribution in [0.25, 0.3) is 5.95 Å². The molecule has 0 spiro atoms. The summed E-state index contributed by atoms with van der Waals surface area (Å²) in [5.41, 5.74) is 3.47. The van der Waals surface area contributed by atoms with Crippen molar-refractivity contribution in [2.24, 2.45) is 5.84 Å². The number of rotatable bonds is 4. The van der Waals surface area contributed by atoms with Crippen LogP contribution in [-0.2, 0) is 0 Å². The van der Waals surface area contributed by atoms with Crippen molar-refractivity contribution in [2.75, 3.05) is 5.43 Å². The van der Waals surface area contributed by atoms with Crippen molar-refractivity contribution in [2.45, 2.75) is 6.92 Å². The lowest BCUT2D eigenvalue weighted by atomic mass is 10.2. The van der Waals surface area contributed by atoms with Gasteiger partial charge in [-0.15, -0.1) is 0 Å². The molecule has 2 heterocycles. The van der Waals surface area contributed by atoms with Gasteiger partial charge in [0.25, 0.3) is 0 Å². The second-order valence-electron chi connectivity index (χ2n) is 4.27. The van der Waals surface area contributed by atoms with E-state index >= 15 is 0 Å². The van der Waals surface area contributed by atoms with E-state index in [1.165, 1.54) is 0 Å². The minimum Gasteiger partial charge on any atom is -0.424 e. The number of benzene rings is 1. The van der Waals surface area contributed by atoms with E-state index in [9.17, 15) is 0 Å². The van der Waals surface area contributed by atoms with E-state index in [0.29, 0.717) is 11.7 Å². The van der Waals surface area contributed by atoms with E-state index in [2.05, 4.69) is 25.4 Å². The fourth-order valence-corrected chi connectivity index (χ4v) is 1.73. The molecule has 106 valence electrons. The number of ether oxygens (including phenoxy) is 1. The van der Waals surface area contributed by atoms with Crippen LogP contribution in [-0.4, -0.2) is 24.5 Å². The summed E-state index contributed by atoms with van der Waals surface area (Å²) in [6.07, 6.45) is 4.92. The van der Waals surface area contributed by atoms with Gasteiger partial charge in [0.1, 0.15) is 12.1 Å². The van der Waals surface area contributed by atoms with Crippen LogP contribution in [0.1, 0.15) is 5.56 Å². The van der Waals surface area contributed by atoms with Gasteiger partial charge in [0.05, 0.1) is 0 Å². The van der Waals surface area contributed by atoms with Crippen LogP contribution >= 0.6 is 0 Å². The number of imidazole rings is 1. The van der Waals surface area contributed by atoms with E-state index in [1.807, 2.05) is 31.2 Å². The second-order valence-corrected chi connectivity index (χ2v) is 4.27. The predicted octanol–water partition coefficient (Wildman–Crippen LogP) is 1.44. The van der Waals surface area contributed by atoms with Crippen LogP contribution in [0, 0.1) is 6.92 Å². The van der Waals surface area contributed by atoms with Crippen molar-refractivity contribution >= 4 is 5.95 Å². The van der Waals surface area contributed by atoms with Crippen molar-refractivity contribution in [3.05, 3.63) is 48.5 Å². The number of nitrogens with one attached hydrogen (secondary N) is 1. The molecule has 0 aliphatic rings. The highest BCUT2D eigenvalue weighted by Crippen LogP contribution is 2.20. The number of hydrogen-bond acceptors (Lipinski definition) is 7. The van der Waals surface area contributed by atoms with Gasteiger partial charge in [-0.25, -0.2) is 10.8 Å². The fourth-order valence-electron chi connectivity index (χ4n) is 1.73. The van der Waals surface area contributed by atoms with Crippen LogP contribution in [0.15, 0.2) is 43.0 Å². The number of anilines is 1. The van der Waals surface area contributed by atoms with Crippen LogP contribution in [0.4, 0.5) is 5.95 Å². The topological polar surface area (TPSA) is 104 Å². The Balaban J connectivity index is 1.96. The molecule has 0 aliphatic carbocycles. The lowest BCUT2D eigenvalue weighted by Crippen LogP contribution is -2.13. The summed E-state index contributed by atoms with van der Waals surface area (Å²) >= 11 is 0. The van der Waals surface area contributed by atoms with Gasteiger partial charge in [-0.05, 0) is 24.6 Å². The summed E-state index contributed by atoms with van der Waals surface area (Å²) in [6.45, 7) is 1.98. The maximum atomic E-state index is 5.65. The Morgan fingerprint density at radius 3 is 2.86 bits per heavy atom.